The van der Waals surface area contributed by atoms with Crippen LogP contribution in [0.3, 0.4) is 0 Å². The molecule has 0 saturated carbocycles. The van der Waals surface area contributed by atoms with Crippen LogP contribution in [0.25, 0.3) is 10.8 Å². The Bertz CT molecular complexity index is 563. The number of aromatic hydroxyl groups is 2. The zero-order valence-electron chi connectivity index (χ0n) is 8.69. The summed E-state index contributed by atoms with van der Waals surface area (Å²) in [5.74, 6) is -0.250. The van der Waals surface area contributed by atoms with E-state index in [2.05, 4.69) is 5.32 Å². The van der Waals surface area contributed by atoms with Gasteiger partial charge < -0.3 is 15.5 Å². The maximum atomic E-state index is 11.0. The number of rotatable bonds is 1. The molecule has 2 aromatic rings. The van der Waals surface area contributed by atoms with Crippen LogP contribution in [-0.4, -0.2) is 16.1 Å². The second kappa shape index (κ2) is 3.73. The van der Waals surface area contributed by atoms with Crippen molar-refractivity contribution in [2.24, 2.45) is 0 Å². The fraction of sp³-hybridized carbons (Fsp3) is 0.0833. The van der Waals surface area contributed by atoms with Crippen LogP contribution in [0.4, 0.5) is 5.69 Å². The van der Waals surface area contributed by atoms with Gasteiger partial charge >= 0.3 is 0 Å². The molecule has 0 aromatic heterocycles. The summed E-state index contributed by atoms with van der Waals surface area (Å²) in [5.41, 5.74) is 0.566. The summed E-state index contributed by atoms with van der Waals surface area (Å²) >= 11 is 0. The fourth-order valence-electron chi connectivity index (χ4n) is 1.65. The Morgan fingerprint density at radius 2 is 1.94 bits per heavy atom. The normalized spacial score (nSPS) is 10.3. The highest BCUT2D eigenvalue weighted by Crippen LogP contribution is 2.33. The SMILES string of the molecule is CC(=O)Nc1cccc2c(O)cc(O)cc12. The molecule has 82 valence electrons. The van der Waals surface area contributed by atoms with Crippen LogP contribution in [-0.2, 0) is 4.79 Å². The monoisotopic (exact) mass is 217 g/mol. The fourth-order valence-corrected chi connectivity index (χ4v) is 1.65. The van der Waals surface area contributed by atoms with Crippen LogP contribution in [0.15, 0.2) is 30.3 Å². The summed E-state index contributed by atoms with van der Waals surface area (Å²) in [6.07, 6.45) is 0. The molecular weight excluding hydrogens is 206 g/mol. The molecule has 0 unspecified atom stereocenters. The molecule has 1 amide bonds. The Morgan fingerprint density at radius 3 is 2.62 bits per heavy atom. The Balaban J connectivity index is 2.71. The van der Waals surface area contributed by atoms with E-state index in [1.54, 1.807) is 18.2 Å². The Hall–Kier alpha value is -2.23. The van der Waals surface area contributed by atoms with Crippen molar-refractivity contribution < 1.29 is 15.0 Å². The topological polar surface area (TPSA) is 69.6 Å². The van der Waals surface area contributed by atoms with Crippen molar-refractivity contribution in [2.45, 2.75) is 6.92 Å². The van der Waals surface area contributed by atoms with Crippen LogP contribution < -0.4 is 5.32 Å². The number of carbonyl (C=O) groups excluding carboxylic acids is 1. The Kier molecular flexibility index (Phi) is 2.40. The third kappa shape index (κ3) is 1.77. The Labute approximate surface area is 92.1 Å². The van der Waals surface area contributed by atoms with Crippen molar-refractivity contribution in [1.82, 2.24) is 0 Å². The number of carbonyl (C=O) groups is 1. The minimum atomic E-state index is -0.199. The molecule has 0 aliphatic carbocycles. The predicted octanol–water partition coefficient (Wildman–Crippen LogP) is 2.21. The summed E-state index contributed by atoms with van der Waals surface area (Å²) in [6, 6.07) is 7.92. The smallest absolute Gasteiger partial charge is 0.221 e. The van der Waals surface area contributed by atoms with Crippen molar-refractivity contribution in [3.8, 4) is 11.5 Å². The lowest BCUT2D eigenvalue weighted by atomic mass is 10.1. The number of amides is 1. The zero-order chi connectivity index (χ0) is 11.7. The maximum absolute atomic E-state index is 11.0. The van der Waals surface area contributed by atoms with E-state index < -0.39 is 0 Å². The van der Waals surface area contributed by atoms with Crippen molar-refractivity contribution in [3.63, 3.8) is 0 Å². The van der Waals surface area contributed by atoms with Crippen LogP contribution in [0.2, 0.25) is 0 Å². The summed E-state index contributed by atoms with van der Waals surface area (Å²) in [4.78, 5) is 11.0. The molecule has 2 aromatic carbocycles. The molecule has 0 bridgehead atoms. The molecule has 0 heterocycles. The number of anilines is 1. The van der Waals surface area contributed by atoms with E-state index in [4.69, 9.17) is 0 Å². The molecule has 0 fully saturated rings. The van der Waals surface area contributed by atoms with Gasteiger partial charge in [-0.1, -0.05) is 12.1 Å². The standard InChI is InChI=1S/C12H11NO3/c1-7(14)13-11-4-2-3-9-10(11)5-8(15)6-12(9)16/h2-6,15-16H,1H3,(H,13,14). The number of benzene rings is 2. The van der Waals surface area contributed by atoms with E-state index in [0.29, 0.717) is 16.5 Å². The highest BCUT2D eigenvalue weighted by molar-refractivity contribution is 6.03. The first-order chi connectivity index (χ1) is 7.58. The third-order valence-electron chi connectivity index (χ3n) is 2.27. The number of phenolic OH excluding ortho intramolecular Hbond substituents is 2. The average Bonchev–Trinajstić information content (AvgIpc) is 2.18. The van der Waals surface area contributed by atoms with Gasteiger partial charge in [0.2, 0.25) is 5.91 Å². The largest absolute Gasteiger partial charge is 0.508 e. The number of fused-ring (bicyclic) bond motifs is 1. The van der Waals surface area contributed by atoms with Crippen molar-refractivity contribution in [1.29, 1.82) is 0 Å². The first kappa shape index (κ1) is 10.3. The van der Waals surface area contributed by atoms with Crippen LogP contribution >= 0.6 is 0 Å². The molecule has 0 atom stereocenters. The van der Waals surface area contributed by atoms with Gasteiger partial charge in [0.15, 0.2) is 0 Å². The summed E-state index contributed by atoms with van der Waals surface area (Å²) in [5, 5.41) is 22.9. The van der Waals surface area contributed by atoms with Gasteiger partial charge in [-0.05, 0) is 12.1 Å². The predicted molar refractivity (Wildman–Crippen MR) is 61.6 cm³/mol. The van der Waals surface area contributed by atoms with Gasteiger partial charge in [0, 0.05) is 29.4 Å². The summed E-state index contributed by atoms with van der Waals surface area (Å²) < 4.78 is 0. The molecule has 0 aliphatic heterocycles. The second-order valence-electron chi connectivity index (χ2n) is 3.55. The quantitative estimate of drug-likeness (QED) is 0.685. The molecule has 2 rings (SSSR count). The number of phenols is 2. The molecule has 4 heteroatoms. The highest BCUT2D eigenvalue weighted by atomic mass is 16.3. The molecule has 4 nitrogen and oxygen atoms in total. The molecular formula is C12H11NO3. The molecule has 0 radical (unpaired) electrons. The lowest BCUT2D eigenvalue weighted by molar-refractivity contribution is -0.114. The average molecular weight is 217 g/mol. The van der Waals surface area contributed by atoms with E-state index in [0.717, 1.165) is 0 Å². The second-order valence-corrected chi connectivity index (χ2v) is 3.55. The van der Waals surface area contributed by atoms with Gasteiger partial charge in [0.25, 0.3) is 0 Å². The van der Waals surface area contributed by atoms with E-state index in [1.165, 1.54) is 19.1 Å². The number of hydrogen-bond donors (Lipinski definition) is 3. The summed E-state index contributed by atoms with van der Waals surface area (Å²) in [7, 11) is 0. The van der Waals surface area contributed by atoms with E-state index >= 15 is 0 Å². The Morgan fingerprint density at radius 1 is 1.19 bits per heavy atom. The molecule has 0 aliphatic rings. The lowest BCUT2D eigenvalue weighted by Crippen LogP contribution is -2.05. The zero-order valence-corrected chi connectivity index (χ0v) is 8.69. The third-order valence-corrected chi connectivity index (χ3v) is 2.27. The summed E-state index contributed by atoms with van der Waals surface area (Å²) in [6.45, 7) is 1.40. The van der Waals surface area contributed by atoms with Crippen molar-refractivity contribution in [2.75, 3.05) is 5.32 Å². The van der Waals surface area contributed by atoms with Gasteiger partial charge in [-0.3, -0.25) is 4.79 Å². The van der Waals surface area contributed by atoms with Crippen LogP contribution in [0.5, 0.6) is 11.5 Å². The minimum absolute atomic E-state index is 0.0118. The van der Waals surface area contributed by atoms with Gasteiger partial charge in [0.1, 0.15) is 11.5 Å². The van der Waals surface area contributed by atoms with Crippen LogP contribution in [0.1, 0.15) is 6.92 Å². The number of nitrogens with one attached hydrogen (secondary N) is 1. The maximum Gasteiger partial charge on any atom is 0.221 e. The van der Waals surface area contributed by atoms with Crippen molar-refractivity contribution >= 4 is 22.4 Å². The van der Waals surface area contributed by atoms with Crippen molar-refractivity contribution in [3.05, 3.63) is 30.3 Å². The van der Waals surface area contributed by atoms with Gasteiger partial charge in [0.05, 0.1) is 0 Å². The highest BCUT2D eigenvalue weighted by Gasteiger charge is 2.07. The number of hydrogen-bond acceptors (Lipinski definition) is 3. The van der Waals surface area contributed by atoms with Gasteiger partial charge in [-0.15, -0.1) is 0 Å². The van der Waals surface area contributed by atoms with E-state index in [1.807, 2.05) is 0 Å². The lowest BCUT2D eigenvalue weighted by Gasteiger charge is -2.08. The molecule has 16 heavy (non-hydrogen) atoms. The van der Waals surface area contributed by atoms with E-state index in [-0.39, 0.29) is 17.4 Å². The van der Waals surface area contributed by atoms with Gasteiger partial charge in [-0.2, -0.15) is 0 Å². The molecule has 3 N–H and O–H groups in total. The first-order valence-electron chi connectivity index (χ1n) is 4.80. The first-order valence-corrected chi connectivity index (χ1v) is 4.80. The molecule has 0 spiro atoms. The van der Waals surface area contributed by atoms with Crippen LogP contribution in [0, 0.1) is 0 Å². The van der Waals surface area contributed by atoms with E-state index in [9.17, 15) is 15.0 Å². The minimum Gasteiger partial charge on any atom is -0.508 e. The molecule has 0 saturated heterocycles. The van der Waals surface area contributed by atoms with Gasteiger partial charge in [-0.25, -0.2) is 0 Å².